The molecule has 1 aliphatic carbocycles. The molecule has 4 aromatic rings. The van der Waals surface area contributed by atoms with Gasteiger partial charge in [-0.3, -0.25) is 9.79 Å². The van der Waals surface area contributed by atoms with E-state index >= 15 is 0 Å². The highest BCUT2D eigenvalue weighted by Gasteiger charge is 2.42. The van der Waals surface area contributed by atoms with Crippen molar-refractivity contribution in [2.75, 3.05) is 5.32 Å². The molecule has 1 N–H and O–H groups in total. The Hall–Kier alpha value is -4.18. The third-order valence-electron chi connectivity index (χ3n) is 7.18. The number of ether oxygens (including phenoxy) is 1. The molecule has 4 heteroatoms. The van der Waals surface area contributed by atoms with Gasteiger partial charge in [0.25, 0.3) is 0 Å². The highest BCUT2D eigenvalue weighted by atomic mass is 16.5. The molecule has 3 atom stereocenters. The number of hydrogen-bond acceptors (Lipinski definition) is 4. The van der Waals surface area contributed by atoms with E-state index in [9.17, 15) is 4.79 Å². The standard InChI is InChI=1S/C32H28N2O2/c35-29-20-24(23-13-5-2-6-14-23)19-28-31(29)32(34-27-17-9-8-16-26(27)33-28)25-15-7-10-18-30(25)36-21-22-11-3-1-4-12-22/h1-18,24,31-32,34H,19-21H2. The van der Waals surface area contributed by atoms with Crippen molar-refractivity contribution in [1.82, 2.24) is 0 Å². The van der Waals surface area contributed by atoms with Crippen molar-refractivity contribution >= 4 is 22.9 Å². The van der Waals surface area contributed by atoms with Crippen molar-refractivity contribution in [2.24, 2.45) is 10.9 Å². The largest absolute Gasteiger partial charge is 0.489 e. The molecule has 2 aliphatic rings. The number of rotatable bonds is 5. The van der Waals surface area contributed by atoms with Gasteiger partial charge in [-0.1, -0.05) is 91.0 Å². The van der Waals surface area contributed by atoms with Gasteiger partial charge in [0.1, 0.15) is 18.1 Å². The van der Waals surface area contributed by atoms with Crippen LogP contribution < -0.4 is 10.1 Å². The minimum Gasteiger partial charge on any atom is -0.489 e. The highest BCUT2D eigenvalue weighted by molar-refractivity contribution is 6.11. The van der Waals surface area contributed by atoms with Crippen LogP contribution in [0.4, 0.5) is 11.4 Å². The summed E-state index contributed by atoms with van der Waals surface area (Å²) >= 11 is 0. The van der Waals surface area contributed by atoms with Crippen molar-refractivity contribution in [3.8, 4) is 5.75 Å². The van der Waals surface area contributed by atoms with E-state index in [1.165, 1.54) is 5.56 Å². The Morgan fingerprint density at radius 1 is 0.778 bits per heavy atom. The van der Waals surface area contributed by atoms with Gasteiger partial charge < -0.3 is 10.1 Å². The summed E-state index contributed by atoms with van der Waals surface area (Å²) in [6.45, 7) is 0.469. The lowest BCUT2D eigenvalue weighted by molar-refractivity contribution is -0.122. The number of nitrogens with one attached hydrogen (secondary N) is 1. The number of Topliss-reactive ketones (excluding diaryl/α,β-unsaturated/α-hetero) is 1. The zero-order valence-corrected chi connectivity index (χ0v) is 20.0. The first-order valence-electron chi connectivity index (χ1n) is 12.5. The third-order valence-corrected chi connectivity index (χ3v) is 7.18. The van der Waals surface area contributed by atoms with Crippen LogP contribution in [0.25, 0.3) is 0 Å². The van der Waals surface area contributed by atoms with E-state index in [-0.39, 0.29) is 23.7 Å². The van der Waals surface area contributed by atoms with Crippen LogP contribution in [0.5, 0.6) is 5.75 Å². The summed E-state index contributed by atoms with van der Waals surface area (Å²) in [6.07, 6.45) is 1.27. The number of benzene rings is 4. The van der Waals surface area contributed by atoms with E-state index < -0.39 is 0 Å². The van der Waals surface area contributed by atoms with Gasteiger partial charge in [0.2, 0.25) is 0 Å². The predicted octanol–water partition coefficient (Wildman–Crippen LogP) is 7.27. The van der Waals surface area contributed by atoms with Crippen LogP contribution in [0.3, 0.4) is 0 Å². The van der Waals surface area contributed by atoms with E-state index in [2.05, 4.69) is 35.6 Å². The monoisotopic (exact) mass is 472 g/mol. The molecule has 4 aromatic carbocycles. The topological polar surface area (TPSA) is 50.7 Å². The molecule has 6 rings (SSSR count). The summed E-state index contributed by atoms with van der Waals surface area (Å²) in [7, 11) is 0. The van der Waals surface area contributed by atoms with Gasteiger partial charge in [-0.05, 0) is 41.7 Å². The summed E-state index contributed by atoms with van der Waals surface area (Å²) in [6, 6.07) is 36.3. The maximum Gasteiger partial charge on any atom is 0.144 e. The number of hydrogen-bond donors (Lipinski definition) is 1. The Balaban J connectivity index is 1.39. The molecule has 4 nitrogen and oxygen atoms in total. The quantitative estimate of drug-likeness (QED) is 0.332. The van der Waals surface area contributed by atoms with Crippen molar-refractivity contribution in [3.05, 3.63) is 126 Å². The zero-order valence-electron chi connectivity index (χ0n) is 20.0. The number of fused-ring (bicyclic) bond motifs is 2. The summed E-state index contributed by atoms with van der Waals surface area (Å²) in [5.41, 5.74) is 6.04. The SMILES string of the molecule is O=C1CC(c2ccccc2)CC2=Nc3ccccc3NC(c3ccccc3OCc3ccccc3)C12. The van der Waals surface area contributed by atoms with Crippen LogP contribution in [0.15, 0.2) is 114 Å². The summed E-state index contributed by atoms with van der Waals surface area (Å²) < 4.78 is 6.32. The van der Waals surface area contributed by atoms with Gasteiger partial charge in [-0.25, -0.2) is 0 Å². The normalized spacial score (nSPS) is 20.8. The van der Waals surface area contributed by atoms with Crippen molar-refractivity contribution < 1.29 is 9.53 Å². The fourth-order valence-corrected chi connectivity index (χ4v) is 5.42. The first-order chi connectivity index (χ1) is 17.8. The van der Waals surface area contributed by atoms with E-state index in [1.54, 1.807) is 0 Å². The molecule has 1 heterocycles. The Bertz CT molecular complexity index is 1400. The van der Waals surface area contributed by atoms with Gasteiger partial charge >= 0.3 is 0 Å². The Morgan fingerprint density at radius 2 is 1.47 bits per heavy atom. The van der Waals surface area contributed by atoms with Crippen molar-refractivity contribution in [2.45, 2.75) is 31.4 Å². The average Bonchev–Trinajstić information content (AvgIpc) is 3.10. The molecule has 1 saturated carbocycles. The molecular weight excluding hydrogens is 444 g/mol. The summed E-state index contributed by atoms with van der Waals surface area (Å²) in [5.74, 6) is 0.801. The first-order valence-corrected chi connectivity index (χ1v) is 12.5. The van der Waals surface area contributed by atoms with Gasteiger partial charge in [-0.2, -0.15) is 0 Å². The predicted molar refractivity (Wildman–Crippen MR) is 144 cm³/mol. The summed E-state index contributed by atoms with van der Waals surface area (Å²) in [4.78, 5) is 18.9. The van der Waals surface area contributed by atoms with Gasteiger partial charge in [0.05, 0.1) is 23.3 Å². The van der Waals surface area contributed by atoms with Gasteiger partial charge in [0.15, 0.2) is 0 Å². The number of ketones is 1. The number of para-hydroxylation sites is 3. The molecule has 0 bridgehead atoms. The number of carbonyl (C=O) groups is 1. The minimum atomic E-state index is -0.348. The Morgan fingerprint density at radius 3 is 2.31 bits per heavy atom. The fraction of sp³-hybridized carbons (Fsp3) is 0.188. The van der Waals surface area contributed by atoms with E-state index in [0.29, 0.717) is 13.0 Å². The van der Waals surface area contributed by atoms with Crippen molar-refractivity contribution in [1.29, 1.82) is 0 Å². The van der Waals surface area contributed by atoms with Crippen molar-refractivity contribution in [3.63, 3.8) is 0 Å². The first kappa shape index (κ1) is 22.3. The maximum absolute atomic E-state index is 13.8. The lowest BCUT2D eigenvalue weighted by atomic mass is 9.72. The molecule has 1 fully saturated rings. The molecule has 178 valence electrons. The summed E-state index contributed by atoms with van der Waals surface area (Å²) in [5, 5.41) is 3.68. The zero-order chi connectivity index (χ0) is 24.3. The smallest absolute Gasteiger partial charge is 0.144 e. The number of aliphatic imine (C=N–C) groups is 1. The number of anilines is 1. The second kappa shape index (κ2) is 9.82. The molecule has 0 spiro atoms. The van der Waals surface area contributed by atoms with E-state index in [1.807, 2.05) is 78.9 Å². The van der Waals surface area contributed by atoms with Gasteiger partial charge in [-0.15, -0.1) is 0 Å². The molecule has 36 heavy (non-hydrogen) atoms. The van der Waals surface area contributed by atoms with Crippen LogP contribution >= 0.6 is 0 Å². The Kier molecular flexibility index (Phi) is 6.08. The fourth-order valence-electron chi connectivity index (χ4n) is 5.42. The molecule has 1 aliphatic heterocycles. The number of nitrogens with zero attached hydrogens (tertiary/aromatic N) is 1. The lowest BCUT2D eigenvalue weighted by Crippen LogP contribution is -2.38. The minimum absolute atomic E-state index is 0.143. The van der Waals surface area contributed by atoms with E-state index in [0.717, 1.165) is 40.4 Å². The van der Waals surface area contributed by atoms with Gasteiger partial charge in [0, 0.05) is 17.7 Å². The third kappa shape index (κ3) is 4.42. The lowest BCUT2D eigenvalue weighted by Gasteiger charge is -2.34. The van der Waals surface area contributed by atoms with Crippen LogP contribution in [0.1, 0.15) is 41.5 Å². The highest BCUT2D eigenvalue weighted by Crippen LogP contribution is 2.45. The molecule has 0 amide bonds. The Labute approximate surface area is 211 Å². The van der Waals surface area contributed by atoms with Crippen LogP contribution in [-0.2, 0) is 11.4 Å². The maximum atomic E-state index is 13.8. The van der Waals surface area contributed by atoms with Crippen LogP contribution in [0, 0.1) is 5.92 Å². The molecule has 3 unspecified atom stereocenters. The van der Waals surface area contributed by atoms with Crippen LogP contribution in [0.2, 0.25) is 0 Å². The number of carbonyl (C=O) groups excluding carboxylic acids is 1. The van der Waals surface area contributed by atoms with Crippen LogP contribution in [-0.4, -0.2) is 11.5 Å². The molecule has 0 saturated heterocycles. The average molecular weight is 473 g/mol. The van der Waals surface area contributed by atoms with E-state index in [4.69, 9.17) is 9.73 Å². The second-order valence-electron chi connectivity index (χ2n) is 9.51. The molecular formula is C32H28N2O2. The molecule has 0 radical (unpaired) electrons. The molecule has 0 aromatic heterocycles. The second-order valence-corrected chi connectivity index (χ2v) is 9.51.